The molecule has 0 aliphatic heterocycles. The summed E-state index contributed by atoms with van der Waals surface area (Å²) in [4.78, 5) is 0. The molecule has 0 spiro atoms. The molecule has 3 heteroatoms. The first-order valence-electron chi connectivity index (χ1n) is 7.15. The normalized spacial score (nSPS) is 12.0. The molecule has 0 heterocycles. The SMILES string of the molecule is COc1cc(C)c(CNC(C)c2ccccc2)cc1OC.[HH]. The van der Waals surface area contributed by atoms with Crippen LogP contribution < -0.4 is 14.8 Å². The van der Waals surface area contributed by atoms with Gasteiger partial charge in [-0.05, 0) is 42.7 Å². The summed E-state index contributed by atoms with van der Waals surface area (Å²) in [6.45, 7) is 5.06. The number of methoxy groups -OCH3 is 2. The molecule has 114 valence electrons. The maximum atomic E-state index is 5.37. The van der Waals surface area contributed by atoms with Gasteiger partial charge in [0.1, 0.15) is 0 Å². The number of benzene rings is 2. The molecule has 1 unspecified atom stereocenters. The van der Waals surface area contributed by atoms with Gasteiger partial charge in [0.05, 0.1) is 14.2 Å². The van der Waals surface area contributed by atoms with Crippen LogP contribution in [0.3, 0.4) is 0 Å². The van der Waals surface area contributed by atoms with E-state index in [1.54, 1.807) is 14.2 Å². The number of nitrogens with one attached hydrogen (secondary N) is 1. The van der Waals surface area contributed by atoms with Crippen molar-refractivity contribution in [2.24, 2.45) is 0 Å². The van der Waals surface area contributed by atoms with E-state index in [1.807, 2.05) is 18.2 Å². The summed E-state index contributed by atoms with van der Waals surface area (Å²) in [6.07, 6.45) is 0. The Balaban J connectivity index is 0.00000242. The van der Waals surface area contributed by atoms with E-state index in [0.29, 0.717) is 6.04 Å². The highest BCUT2D eigenvalue weighted by atomic mass is 16.5. The number of aryl methyl sites for hydroxylation is 1. The topological polar surface area (TPSA) is 30.5 Å². The van der Waals surface area contributed by atoms with Crippen molar-refractivity contribution < 1.29 is 10.9 Å². The van der Waals surface area contributed by atoms with Crippen molar-refractivity contribution >= 4 is 0 Å². The first-order chi connectivity index (χ1) is 10.2. The van der Waals surface area contributed by atoms with Gasteiger partial charge in [-0.1, -0.05) is 30.3 Å². The molecule has 0 amide bonds. The molecule has 2 aromatic carbocycles. The van der Waals surface area contributed by atoms with Gasteiger partial charge < -0.3 is 14.8 Å². The molecule has 1 atom stereocenters. The van der Waals surface area contributed by atoms with Crippen LogP contribution in [0.4, 0.5) is 0 Å². The fourth-order valence-corrected chi connectivity index (χ4v) is 2.34. The van der Waals surface area contributed by atoms with Crippen LogP contribution in [0.2, 0.25) is 0 Å². The molecule has 2 aromatic rings. The standard InChI is InChI=1S/C18H23NO2.H2/c1-13-10-17(20-3)18(21-4)11-16(13)12-19-14(2)15-8-6-5-7-9-15;/h5-11,14,19H,12H2,1-4H3;1H. The lowest BCUT2D eigenvalue weighted by Gasteiger charge is -2.17. The van der Waals surface area contributed by atoms with Gasteiger partial charge in [-0.3, -0.25) is 0 Å². The predicted molar refractivity (Wildman–Crippen MR) is 88.1 cm³/mol. The van der Waals surface area contributed by atoms with Crippen LogP contribution in [0.15, 0.2) is 42.5 Å². The minimum Gasteiger partial charge on any atom is -0.493 e. The zero-order valence-electron chi connectivity index (χ0n) is 13.1. The molecule has 0 fully saturated rings. The van der Waals surface area contributed by atoms with Gasteiger partial charge in [-0.2, -0.15) is 0 Å². The Morgan fingerprint density at radius 1 is 1.05 bits per heavy atom. The van der Waals surface area contributed by atoms with Crippen molar-refractivity contribution in [3.05, 3.63) is 59.2 Å². The average Bonchev–Trinajstić information content (AvgIpc) is 2.53. The minimum atomic E-state index is 0. The van der Waals surface area contributed by atoms with Gasteiger partial charge >= 0.3 is 0 Å². The monoisotopic (exact) mass is 287 g/mol. The number of hydrogen-bond acceptors (Lipinski definition) is 3. The maximum Gasteiger partial charge on any atom is 0.161 e. The van der Waals surface area contributed by atoms with Crippen LogP contribution in [0, 0.1) is 6.92 Å². The Hall–Kier alpha value is -2.00. The zero-order valence-corrected chi connectivity index (χ0v) is 13.1. The summed E-state index contributed by atoms with van der Waals surface area (Å²) in [5.41, 5.74) is 3.70. The lowest BCUT2D eigenvalue weighted by atomic mass is 10.1. The molecule has 0 radical (unpaired) electrons. The second kappa shape index (κ2) is 7.14. The Labute approximate surface area is 128 Å². The number of ether oxygens (including phenoxy) is 2. The summed E-state index contributed by atoms with van der Waals surface area (Å²) in [7, 11) is 3.32. The average molecular weight is 287 g/mol. The van der Waals surface area contributed by atoms with Crippen LogP contribution in [-0.2, 0) is 6.54 Å². The number of rotatable bonds is 6. The van der Waals surface area contributed by atoms with Gasteiger partial charge in [0.15, 0.2) is 11.5 Å². The van der Waals surface area contributed by atoms with E-state index in [2.05, 4.69) is 43.4 Å². The van der Waals surface area contributed by atoms with Crippen molar-refractivity contribution in [2.75, 3.05) is 14.2 Å². The second-order valence-corrected chi connectivity index (χ2v) is 5.15. The third-order valence-corrected chi connectivity index (χ3v) is 3.74. The van der Waals surface area contributed by atoms with Gasteiger partial charge in [0.2, 0.25) is 0 Å². The van der Waals surface area contributed by atoms with E-state index in [-0.39, 0.29) is 1.43 Å². The first-order valence-corrected chi connectivity index (χ1v) is 7.15. The van der Waals surface area contributed by atoms with E-state index in [4.69, 9.17) is 9.47 Å². The summed E-state index contributed by atoms with van der Waals surface area (Å²) < 4.78 is 10.7. The summed E-state index contributed by atoms with van der Waals surface area (Å²) in [5.74, 6) is 1.54. The lowest BCUT2D eigenvalue weighted by Crippen LogP contribution is -2.18. The van der Waals surface area contributed by atoms with Crippen LogP contribution in [-0.4, -0.2) is 14.2 Å². The van der Waals surface area contributed by atoms with Crippen LogP contribution >= 0.6 is 0 Å². The molecule has 0 aromatic heterocycles. The van der Waals surface area contributed by atoms with Crippen LogP contribution in [0.5, 0.6) is 11.5 Å². The fraction of sp³-hybridized carbons (Fsp3) is 0.333. The zero-order chi connectivity index (χ0) is 15.2. The molecule has 0 aliphatic carbocycles. The van der Waals surface area contributed by atoms with E-state index >= 15 is 0 Å². The molecular weight excluding hydrogens is 262 g/mol. The Bertz CT molecular complexity index is 587. The first kappa shape index (κ1) is 15.4. The molecule has 0 saturated heterocycles. The third kappa shape index (κ3) is 3.76. The molecular formula is C18H25NO2. The van der Waals surface area contributed by atoms with E-state index in [0.717, 1.165) is 18.0 Å². The van der Waals surface area contributed by atoms with Crippen molar-refractivity contribution in [1.82, 2.24) is 5.32 Å². The smallest absolute Gasteiger partial charge is 0.161 e. The Kier molecular flexibility index (Phi) is 5.23. The Morgan fingerprint density at radius 3 is 2.29 bits per heavy atom. The minimum absolute atomic E-state index is 0. The molecule has 0 aliphatic rings. The number of hydrogen-bond donors (Lipinski definition) is 1. The second-order valence-electron chi connectivity index (χ2n) is 5.15. The van der Waals surface area contributed by atoms with E-state index in [9.17, 15) is 0 Å². The van der Waals surface area contributed by atoms with Crippen LogP contribution in [0.25, 0.3) is 0 Å². The quantitative estimate of drug-likeness (QED) is 0.867. The van der Waals surface area contributed by atoms with Gasteiger partial charge in [0.25, 0.3) is 0 Å². The Morgan fingerprint density at radius 2 is 1.67 bits per heavy atom. The van der Waals surface area contributed by atoms with Gasteiger partial charge in [-0.15, -0.1) is 0 Å². The van der Waals surface area contributed by atoms with Crippen molar-refractivity contribution in [2.45, 2.75) is 26.4 Å². The highest BCUT2D eigenvalue weighted by molar-refractivity contribution is 5.47. The van der Waals surface area contributed by atoms with Gasteiger partial charge in [-0.25, -0.2) is 0 Å². The van der Waals surface area contributed by atoms with Crippen molar-refractivity contribution in [1.29, 1.82) is 0 Å². The van der Waals surface area contributed by atoms with Gasteiger partial charge in [0, 0.05) is 14.0 Å². The largest absolute Gasteiger partial charge is 0.493 e. The summed E-state index contributed by atoms with van der Waals surface area (Å²) in [5, 5.41) is 3.55. The molecule has 0 bridgehead atoms. The summed E-state index contributed by atoms with van der Waals surface area (Å²) in [6, 6.07) is 14.8. The molecule has 1 N–H and O–H groups in total. The molecule has 3 nitrogen and oxygen atoms in total. The predicted octanol–water partition coefficient (Wildman–Crippen LogP) is 4.11. The van der Waals surface area contributed by atoms with E-state index in [1.165, 1.54) is 16.7 Å². The fourth-order valence-electron chi connectivity index (χ4n) is 2.34. The highest BCUT2D eigenvalue weighted by Crippen LogP contribution is 2.30. The molecule has 0 saturated carbocycles. The highest BCUT2D eigenvalue weighted by Gasteiger charge is 2.10. The molecule has 21 heavy (non-hydrogen) atoms. The van der Waals surface area contributed by atoms with E-state index < -0.39 is 0 Å². The maximum absolute atomic E-state index is 5.37. The van der Waals surface area contributed by atoms with Crippen molar-refractivity contribution in [3.8, 4) is 11.5 Å². The summed E-state index contributed by atoms with van der Waals surface area (Å²) >= 11 is 0. The lowest BCUT2D eigenvalue weighted by molar-refractivity contribution is 0.354. The third-order valence-electron chi connectivity index (χ3n) is 3.74. The van der Waals surface area contributed by atoms with Crippen LogP contribution in [0.1, 0.15) is 31.1 Å². The molecule has 2 rings (SSSR count). The van der Waals surface area contributed by atoms with Crippen molar-refractivity contribution in [3.63, 3.8) is 0 Å².